The number of aromatic nitrogens is 2. The zero-order chi connectivity index (χ0) is 23.2. The molecule has 1 heterocycles. The first-order valence-corrected chi connectivity index (χ1v) is 11.3. The molecule has 0 aliphatic carbocycles. The number of aliphatic hydroxyl groups excluding tert-OH is 1. The van der Waals surface area contributed by atoms with Crippen LogP contribution in [-0.4, -0.2) is 45.8 Å². The molecular formula is C26H26ClN3O3. The van der Waals surface area contributed by atoms with Gasteiger partial charge in [-0.15, -0.1) is 0 Å². The molecule has 0 unspecified atom stereocenters. The zero-order valence-corrected chi connectivity index (χ0v) is 19.1. The summed E-state index contributed by atoms with van der Waals surface area (Å²) in [6.45, 7) is 3.62. The van der Waals surface area contributed by atoms with E-state index in [-0.39, 0.29) is 12.2 Å². The van der Waals surface area contributed by atoms with Crippen LogP contribution in [0.15, 0.2) is 77.6 Å². The van der Waals surface area contributed by atoms with Crippen molar-refractivity contribution >= 4 is 22.5 Å². The van der Waals surface area contributed by atoms with Gasteiger partial charge < -0.3 is 14.8 Å². The highest BCUT2D eigenvalue weighted by atomic mass is 35.5. The van der Waals surface area contributed by atoms with Crippen LogP contribution in [0.2, 0.25) is 5.02 Å². The number of H-pyrrole nitrogens is 1. The number of ether oxygens (including phenoxy) is 1. The smallest absolute Gasteiger partial charge is 0.258 e. The van der Waals surface area contributed by atoms with E-state index in [0.29, 0.717) is 47.1 Å². The fourth-order valence-electron chi connectivity index (χ4n) is 3.67. The number of aliphatic hydroxyl groups is 1. The molecule has 33 heavy (non-hydrogen) atoms. The molecule has 0 aliphatic heterocycles. The number of aromatic amines is 1. The van der Waals surface area contributed by atoms with Gasteiger partial charge in [-0.05, 0) is 48.0 Å². The van der Waals surface area contributed by atoms with E-state index in [1.54, 1.807) is 18.2 Å². The summed E-state index contributed by atoms with van der Waals surface area (Å²) in [5, 5.41) is 11.5. The van der Waals surface area contributed by atoms with E-state index in [1.807, 2.05) is 54.3 Å². The van der Waals surface area contributed by atoms with Crippen LogP contribution in [-0.2, 0) is 6.54 Å². The second kappa shape index (κ2) is 10.6. The standard InChI is InChI=1S/C26H26ClN3O3/c1-2-30(16-25-28-24-14-20(27)10-13-23(24)26(32)29-25)15-21(31)17-33-22-11-8-19(9-12-22)18-6-4-3-5-7-18/h3-14,21,31H,2,15-17H2,1H3,(H,28,29,32)/t21-/m0/s1. The first-order chi connectivity index (χ1) is 16.0. The van der Waals surface area contributed by atoms with Gasteiger partial charge in [-0.25, -0.2) is 4.98 Å². The highest BCUT2D eigenvalue weighted by Gasteiger charge is 2.14. The second-order valence-corrected chi connectivity index (χ2v) is 8.29. The molecule has 2 N–H and O–H groups in total. The van der Waals surface area contributed by atoms with Crippen molar-refractivity contribution < 1.29 is 9.84 Å². The molecule has 0 fully saturated rings. The fourth-order valence-corrected chi connectivity index (χ4v) is 3.84. The molecule has 0 saturated heterocycles. The van der Waals surface area contributed by atoms with Crippen molar-refractivity contribution in [2.45, 2.75) is 19.6 Å². The number of hydrogen-bond donors (Lipinski definition) is 2. The van der Waals surface area contributed by atoms with E-state index in [2.05, 4.69) is 22.1 Å². The van der Waals surface area contributed by atoms with Gasteiger partial charge in [0.1, 0.15) is 24.3 Å². The third-order valence-corrected chi connectivity index (χ3v) is 5.65. The zero-order valence-electron chi connectivity index (χ0n) is 18.4. The van der Waals surface area contributed by atoms with Crippen LogP contribution in [0, 0.1) is 0 Å². The minimum Gasteiger partial charge on any atom is -0.491 e. The number of halogens is 1. The van der Waals surface area contributed by atoms with Crippen LogP contribution in [0.4, 0.5) is 0 Å². The summed E-state index contributed by atoms with van der Waals surface area (Å²) in [5.74, 6) is 1.23. The molecule has 0 amide bonds. The lowest BCUT2D eigenvalue weighted by molar-refractivity contribution is 0.0667. The SMILES string of the molecule is CCN(Cc1nc2cc(Cl)ccc2c(=O)[nH]1)C[C@H](O)COc1ccc(-c2ccccc2)cc1. The largest absolute Gasteiger partial charge is 0.491 e. The minimum atomic E-state index is -0.694. The van der Waals surface area contributed by atoms with E-state index in [1.165, 1.54) is 0 Å². The maximum Gasteiger partial charge on any atom is 0.258 e. The van der Waals surface area contributed by atoms with Crippen molar-refractivity contribution in [3.05, 3.63) is 94.0 Å². The van der Waals surface area contributed by atoms with Crippen molar-refractivity contribution in [1.29, 1.82) is 0 Å². The Bertz CT molecular complexity index is 1260. The topological polar surface area (TPSA) is 78.5 Å². The fraction of sp³-hybridized carbons (Fsp3) is 0.231. The van der Waals surface area contributed by atoms with Gasteiger partial charge in [0, 0.05) is 11.6 Å². The Morgan fingerprint density at radius 2 is 1.79 bits per heavy atom. The second-order valence-electron chi connectivity index (χ2n) is 7.86. The van der Waals surface area contributed by atoms with E-state index in [4.69, 9.17) is 16.3 Å². The van der Waals surface area contributed by atoms with Gasteiger partial charge in [-0.2, -0.15) is 0 Å². The first-order valence-electron chi connectivity index (χ1n) is 10.9. The average molecular weight is 464 g/mol. The molecule has 1 atom stereocenters. The number of likely N-dealkylation sites (N-methyl/N-ethyl adjacent to an activating group) is 1. The molecule has 7 heteroatoms. The Morgan fingerprint density at radius 3 is 2.52 bits per heavy atom. The van der Waals surface area contributed by atoms with Crippen LogP contribution in [0.3, 0.4) is 0 Å². The predicted octanol–water partition coefficient (Wildman–Crippen LogP) is 4.51. The lowest BCUT2D eigenvalue weighted by Crippen LogP contribution is -2.36. The molecule has 3 aromatic carbocycles. The van der Waals surface area contributed by atoms with Crippen LogP contribution in [0.25, 0.3) is 22.0 Å². The number of fused-ring (bicyclic) bond motifs is 1. The Labute approximate surface area is 197 Å². The van der Waals surface area contributed by atoms with Crippen LogP contribution in [0.1, 0.15) is 12.7 Å². The summed E-state index contributed by atoms with van der Waals surface area (Å²) in [5.41, 5.74) is 2.61. The van der Waals surface area contributed by atoms with Gasteiger partial charge in [-0.1, -0.05) is 61.0 Å². The number of nitrogens with one attached hydrogen (secondary N) is 1. The van der Waals surface area contributed by atoms with Crippen molar-refractivity contribution in [2.75, 3.05) is 19.7 Å². The van der Waals surface area contributed by atoms with Crippen LogP contribution in [0.5, 0.6) is 5.75 Å². The van der Waals surface area contributed by atoms with Gasteiger partial charge >= 0.3 is 0 Å². The van der Waals surface area contributed by atoms with Gasteiger partial charge in [0.25, 0.3) is 5.56 Å². The van der Waals surface area contributed by atoms with E-state index < -0.39 is 6.10 Å². The molecule has 0 bridgehead atoms. The summed E-state index contributed by atoms with van der Waals surface area (Å²) in [4.78, 5) is 21.7. The first kappa shape index (κ1) is 23.0. The lowest BCUT2D eigenvalue weighted by atomic mass is 10.1. The summed E-state index contributed by atoms with van der Waals surface area (Å²) in [6, 6.07) is 23.0. The minimum absolute atomic E-state index is 0.165. The summed E-state index contributed by atoms with van der Waals surface area (Å²) >= 11 is 6.04. The summed E-state index contributed by atoms with van der Waals surface area (Å²) < 4.78 is 5.78. The monoisotopic (exact) mass is 463 g/mol. The van der Waals surface area contributed by atoms with Gasteiger partial charge in [0.15, 0.2) is 0 Å². The number of benzene rings is 3. The molecule has 0 saturated carbocycles. The van der Waals surface area contributed by atoms with Gasteiger partial charge in [-0.3, -0.25) is 9.69 Å². The Balaban J connectivity index is 1.34. The maximum atomic E-state index is 12.4. The van der Waals surface area contributed by atoms with Crippen molar-refractivity contribution in [2.24, 2.45) is 0 Å². The molecule has 4 rings (SSSR count). The highest BCUT2D eigenvalue weighted by molar-refractivity contribution is 6.31. The van der Waals surface area contributed by atoms with Crippen LogP contribution >= 0.6 is 11.6 Å². The Morgan fingerprint density at radius 1 is 1.06 bits per heavy atom. The quantitative estimate of drug-likeness (QED) is 0.382. The maximum absolute atomic E-state index is 12.4. The predicted molar refractivity (Wildman–Crippen MR) is 132 cm³/mol. The van der Waals surface area contributed by atoms with Gasteiger partial charge in [0.05, 0.1) is 17.4 Å². The Hall–Kier alpha value is -3.19. The van der Waals surface area contributed by atoms with Crippen molar-refractivity contribution in [3.8, 4) is 16.9 Å². The van der Waals surface area contributed by atoms with Crippen LogP contribution < -0.4 is 10.3 Å². The Kier molecular flexibility index (Phi) is 7.40. The third kappa shape index (κ3) is 5.99. The summed E-state index contributed by atoms with van der Waals surface area (Å²) in [7, 11) is 0. The molecule has 4 aromatic rings. The van der Waals surface area contributed by atoms with E-state index in [0.717, 1.165) is 11.1 Å². The highest BCUT2D eigenvalue weighted by Crippen LogP contribution is 2.22. The number of hydrogen-bond acceptors (Lipinski definition) is 5. The van der Waals surface area contributed by atoms with E-state index in [9.17, 15) is 9.90 Å². The van der Waals surface area contributed by atoms with E-state index >= 15 is 0 Å². The number of nitrogens with zero attached hydrogens (tertiary/aromatic N) is 2. The molecular weight excluding hydrogens is 438 g/mol. The molecule has 170 valence electrons. The molecule has 1 aromatic heterocycles. The molecule has 0 aliphatic rings. The number of rotatable bonds is 9. The molecule has 6 nitrogen and oxygen atoms in total. The van der Waals surface area contributed by atoms with Crippen molar-refractivity contribution in [1.82, 2.24) is 14.9 Å². The molecule has 0 spiro atoms. The summed E-state index contributed by atoms with van der Waals surface area (Å²) in [6.07, 6.45) is -0.694. The average Bonchev–Trinajstić information content (AvgIpc) is 2.83. The third-order valence-electron chi connectivity index (χ3n) is 5.41. The van der Waals surface area contributed by atoms with Crippen molar-refractivity contribution in [3.63, 3.8) is 0 Å². The lowest BCUT2D eigenvalue weighted by Gasteiger charge is -2.23. The normalized spacial score (nSPS) is 12.2. The van der Waals surface area contributed by atoms with Gasteiger partial charge in [0.2, 0.25) is 0 Å². The molecule has 0 radical (unpaired) electrons.